The highest BCUT2D eigenvalue weighted by Gasteiger charge is 2.13. The first-order valence-corrected chi connectivity index (χ1v) is 8.79. The van der Waals surface area contributed by atoms with Crippen LogP contribution in [0.3, 0.4) is 0 Å². The van der Waals surface area contributed by atoms with Gasteiger partial charge in [0.1, 0.15) is 6.33 Å². The van der Waals surface area contributed by atoms with E-state index in [-0.39, 0.29) is 0 Å². The molecule has 0 atom stereocenters. The van der Waals surface area contributed by atoms with Crippen molar-refractivity contribution in [2.45, 2.75) is 24.8 Å². The van der Waals surface area contributed by atoms with E-state index in [1.807, 2.05) is 22.8 Å². The molecule has 0 saturated heterocycles. The van der Waals surface area contributed by atoms with Crippen LogP contribution in [0.5, 0.6) is 0 Å². The molecule has 0 aliphatic heterocycles. The summed E-state index contributed by atoms with van der Waals surface area (Å²) in [5.74, 6) is 1.92. The van der Waals surface area contributed by atoms with Crippen LogP contribution in [0.25, 0.3) is 17.2 Å². The Hall–Kier alpha value is -2.80. The van der Waals surface area contributed by atoms with E-state index in [0.29, 0.717) is 17.3 Å². The monoisotopic (exact) mass is 352 g/mol. The smallest absolute Gasteiger partial charge is 0.202 e. The van der Waals surface area contributed by atoms with Gasteiger partial charge in [-0.25, -0.2) is 0 Å². The molecular weight excluding hydrogens is 336 g/mol. The molecule has 0 unspecified atom stereocenters. The summed E-state index contributed by atoms with van der Waals surface area (Å²) < 4.78 is 12.6. The van der Waals surface area contributed by atoms with E-state index in [2.05, 4.69) is 47.4 Å². The molecule has 4 aromatic rings. The maximum Gasteiger partial charge on any atom is 0.202 e. The molecule has 0 amide bonds. The Morgan fingerprint density at radius 1 is 1.12 bits per heavy atom. The number of nitrogens with zero attached hydrogens (tertiary/aromatic N) is 4. The first-order valence-electron chi connectivity index (χ1n) is 7.80. The first kappa shape index (κ1) is 15.7. The number of thioether (sulfide) groups is 1. The zero-order chi connectivity index (χ0) is 17.2. The average Bonchev–Trinajstić information content (AvgIpc) is 3.34. The van der Waals surface area contributed by atoms with Crippen molar-refractivity contribution < 1.29 is 8.94 Å². The van der Waals surface area contributed by atoms with E-state index in [4.69, 9.17) is 8.94 Å². The highest BCUT2D eigenvalue weighted by Crippen LogP contribution is 2.27. The lowest BCUT2D eigenvalue weighted by atomic mass is 10.1. The molecule has 0 aliphatic carbocycles. The SMILES string of the molecule is Cc1ccc(-n2cnnc2SCc2cc(-c3ccco3)on2)c(C)c1. The van der Waals surface area contributed by atoms with Gasteiger partial charge in [0, 0.05) is 11.8 Å². The summed E-state index contributed by atoms with van der Waals surface area (Å²) in [5, 5.41) is 13.2. The fraction of sp³-hybridized carbons (Fsp3) is 0.167. The van der Waals surface area contributed by atoms with E-state index in [0.717, 1.165) is 16.5 Å². The second-order valence-electron chi connectivity index (χ2n) is 5.72. The summed E-state index contributed by atoms with van der Waals surface area (Å²) in [7, 11) is 0. The molecule has 0 radical (unpaired) electrons. The first-order chi connectivity index (χ1) is 12.2. The van der Waals surface area contributed by atoms with Crippen molar-refractivity contribution in [1.82, 2.24) is 19.9 Å². The summed E-state index contributed by atoms with van der Waals surface area (Å²) in [6, 6.07) is 11.9. The normalized spacial score (nSPS) is 11.1. The third-order valence-electron chi connectivity index (χ3n) is 3.80. The average molecular weight is 352 g/mol. The Balaban J connectivity index is 1.52. The highest BCUT2D eigenvalue weighted by molar-refractivity contribution is 7.98. The molecule has 7 heteroatoms. The van der Waals surface area contributed by atoms with Crippen LogP contribution in [0.15, 0.2) is 63.1 Å². The minimum Gasteiger partial charge on any atom is -0.461 e. The van der Waals surface area contributed by atoms with Gasteiger partial charge < -0.3 is 8.94 Å². The number of hydrogen-bond donors (Lipinski definition) is 0. The van der Waals surface area contributed by atoms with Crippen molar-refractivity contribution in [2.75, 3.05) is 0 Å². The Morgan fingerprint density at radius 3 is 2.84 bits per heavy atom. The highest BCUT2D eigenvalue weighted by atomic mass is 32.2. The molecule has 0 bridgehead atoms. The van der Waals surface area contributed by atoms with Gasteiger partial charge in [0.2, 0.25) is 5.76 Å². The second kappa shape index (κ2) is 6.60. The van der Waals surface area contributed by atoms with Gasteiger partial charge in [-0.05, 0) is 37.6 Å². The molecule has 0 fully saturated rings. The zero-order valence-corrected chi connectivity index (χ0v) is 14.7. The predicted molar refractivity (Wildman–Crippen MR) is 94.6 cm³/mol. The maximum absolute atomic E-state index is 5.33. The van der Waals surface area contributed by atoms with Crippen molar-refractivity contribution in [2.24, 2.45) is 0 Å². The fourth-order valence-corrected chi connectivity index (χ4v) is 3.42. The molecule has 4 rings (SSSR count). The van der Waals surface area contributed by atoms with Crippen LogP contribution in [0, 0.1) is 13.8 Å². The molecule has 0 spiro atoms. The summed E-state index contributed by atoms with van der Waals surface area (Å²) >= 11 is 1.56. The lowest BCUT2D eigenvalue weighted by molar-refractivity contribution is 0.413. The van der Waals surface area contributed by atoms with Crippen LogP contribution in [-0.2, 0) is 5.75 Å². The largest absolute Gasteiger partial charge is 0.461 e. The number of aromatic nitrogens is 4. The summed E-state index contributed by atoms with van der Waals surface area (Å²) in [6.07, 6.45) is 3.34. The van der Waals surface area contributed by atoms with E-state index in [9.17, 15) is 0 Å². The van der Waals surface area contributed by atoms with Crippen LogP contribution in [0.2, 0.25) is 0 Å². The van der Waals surface area contributed by atoms with Gasteiger partial charge in [-0.3, -0.25) is 4.57 Å². The zero-order valence-electron chi connectivity index (χ0n) is 13.8. The Kier molecular flexibility index (Phi) is 4.15. The summed E-state index contributed by atoms with van der Waals surface area (Å²) in [4.78, 5) is 0. The number of furan rings is 1. The molecule has 0 aliphatic rings. The standard InChI is InChI=1S/C18H16N4O2S/c1-12-5-6-15(13(2)8-12)22-11-19-20-18(22)25-10-14-9-17(24-21-14)16-4-3-7-23-16/h3-9,11H,10H2,1-2H3. The molecular formula is C18H16N4O2S. The number of rotatable bonds is 5. The summed E-state index contributed by atoms with van der Waals surface area (Å²) in [5.41, 5.74) is 4.32. The van der Waals surface area contributed by atoms with E-state index < -0.39 is 0 Å². The quantitative estimate of drug-likeness (QED) is 0.495. The Labute approximate surface area is 148 Å². The molecule has 0 saturated carbocycles. The number of hydrogen-bond acceptors (Lipinski definition) is 6. The fourth-order valence-electron chi connectivity index (χ4n) is 2.62. The Morgan fingerprint density at radius 2 is 2.04 bits per heavy atom. The van der Waals surface area contributed by atoms with Gasteiger partial charge in [0.05, 0.1) is 17.6 Å². The second-order valence-corrected chi connectivity index (χ2v) is 6.66. The number of aryl methyl sites for hydroxylation is 2. The third kappa shape index (κ3) is 3.23. The van der Waals surface area contributed by atoms with Gasteiger partial charge in [-0.2, -0.15) is 0 Å². The van der Waals surface area contributed by atoms with Gasteiger partial charge in [-0.15, -0.1) is 10.2 Å². The van der Waals surface area contributed by atoms with E-state index in [1.165, 1.54) is 11.1 Å². The van der Waals surface area contributed by atoms with Gasteiger partial charge in [0.25, 0.3) is 0 Å². The van der Waals surface area contributed by atoms with Crippen molar-refractivity contribution in [3.05, 3.63) is 65.8 Å². The van der Waals surface area contributed by atoms with Crippen molar-refractivity contribution in [1.29, 1.82) is 0 Å². The molecule has 6 nitrogen and oxygen atoms in total. The van der Waals surface area contributed by atoms with Crippen molar-refractivity contribution in [3.8, 4) is 17.2 Å². The minimum absolute atomic E-state index is 0.622. The molecule has 126 valence electrons. The number of benzene rings is 1. The topological polar surface area (TPSA) is 69.9 Å². The minimum atomic E-state index is 0.622. The molecule has 3 aromatic heterocycles. The van der Waals surface area contributed by atoms with Crippen LogP contribution >= 0.6 is 11.8 Å². The van der Waals surface area contributed by atoms with Crippen molar-refractivity contribution >= 4 is 11.8 Å². The third-order valence-corrected chi connectivity index (χ3v) is 4.78. The van der Waals surface area contributed by atoms with Crippen LogP contribution in [0.1, 0.15) is 16.8 Å². The molecule has 25 heavy (non-hydrogen) atoms. The van der Waals surface area contributed by atoms with Gasteiger partial charge in [-0.1, -0.05) is 34.6 Å². The molecule has 3 heterocycles. The van der Waals surface area contributed by atoms with E-state index >= 15 is 0 Å². The Bertz CT molecular complexity index is 988. The van der Waals surface area contributed by atoms with E-state index in [1.54, 1.807) is 24.4 Å². The maximum atomic E-state index is 5.33. The summed E-state index contributed by atoms with van der Waals surface area (Å²) in [6.45, 7) is 4.17. The van der Waals surface area contributed by atoms with Gasteiger partial charge in [0.15, 0.2) is 10.9 Å². The van der Waals surface area contributed by atoms with Crippen LogP contribution in [-0.4, -0.2) is 19.9 Å². The van der Waals surface area contributed by atoms with Crippen LogP contribution in [0.4, 0.5) is 0 Å². The van der Waals surface area contributed by atoms with Gasteiger partial charge >= 0.3 is 0 Å². The van der Waals surface area contributed by atoms with Crippen LogP contribution < -0.4 is 0 Å². The lowest BCUT2D eigenvalue weighted by Crippen LogP contribution is -1.98. The molecule has 1 aromatic carbocycles. The molecule has 0 N–H and O–H groups in total. The lowest BCUT2D eigenvalue weighted by Gasteiger charge is -2.09. The predicted octanol–water partition coefficient (Wildman–Crippen LogP) is 4.42. The van der Waals surface area contributed by atoms with Crippen molar-refractivity contribution in [3.63, 3.8) is 0 Å².